The molecule has 2 atom stereocenters. The van der Waals surface area contributed by atoms with Crippen molar-refractivity contribution in [2.75, 3.05) is 25.1 Å². The van der Waals surface area contributed by atoms with Gasteiger partial charge in [-0.3, -0.25) is 9.78 Å². The standard InChI is InChI=1S/C26H30N4O3/c27-14-19-11-12-28-15-23(19)29-22-5-3-13-30-24(22)16-32-20-9-7-18(8-10-20)21-4-1-2-6-25(21)33-17-26(30)31/h1-2,4,6,11-12,15,18,20,22,24,29H,3,5,7-10,13,16-17H2/t18?,20?,22-,24-/m0/s1. The van der Waals surface area contributed by atoms with Gasteiger partial charge in [-0.15, -0.1) is 0 Å². The Labute approximate surface area is 194 Å². The quantitative estimate of drug-likeness (QED) is 0.754. The van der Waals surface area contributed by atoms with Crippen molar-refractivity contribution in [2.24, 2.45) is 0 Å². The second-order valence-electron chi connectivity index (χ2n) is 9.21. The van der Waals surface area contributed by atoms with Crippen LogP contribution >= 0.6 is 0 Å². The lowest BCUT2D eigenvalue weighted by molar-refractivity contribution is -0.140. The van der Waals surface area contributed by atoms with E-state index in [4.69, 9.17) is 9.47 Å². The number of carbonyl (C=O) groups is 1. The van der Waals surface area contributed by atoms with E-state index in [1.807, 2.05) is 17.0 Å². The number of hydrogen-bond acceptors (Lipinski definition) is 6. The Bertz CT molecular complexity index is 1030. The zero-order chi connectivity index (χ0) is 22.6. The van der Waals surface area contributed by atoms with Gasteiger partial charge in [-0.05, 0) is 62.1 Å². The van der Waals surface area contributed by atoms with Crippen LogP contribution in [0.2, 0.25) is 0 Å². The number of amides is 1. The molecule has 1 aliphatic carbocycles. The number of benzene rings is 1. The molecule has 1 N–H and O–H groups in total. The van der Waals surface area contributed by atoms with Crippen molar-refractivity contribution < 1.29 is 14.3 Å². The number of piperidine rings is 1. The van der Waals surface area contributed by atoms with Crippen molar-refractivity contribution in [2.45, 2.75) is 62.6 Å². The highest BCUT2D eigenvalue weighted by molar-refractivity contribution is 5.78. The van der Waals surface area contributed by atoms with Crippen LogP contribution in [0.3, 0.4) is 0 Å². The molecule has 2 bridgehead atoms. The van der Waals surface area contributed by atoms with Gasteiger partial charge < -0.3 is 19.7 Å². The van der Waals surface area contributed by atoms with Crippen LogP contribution < -0.4 is 10.1 Å². The van der Waals surface area contributed by atoms with E-state index in [-0.39, 0.29) is 30.7 Å². The first kappa shape index (κ1) is 21.7. The number of nitriles is 1. The van der Waals surface area contributed by atoms with E-state index in [1.54, 1.807) is 18.5 Å². The van der Waals surface area contributed by atoms with Gasteiger partial charge in [0, 0.05) is 18.8 Å². The normalized spacial score (nSPS) is 27.6. The number of aromatic nitrogens is 1. The number of carbonyl (C=O) groups excluding carboxylic acids is 1. The topological polar surface area (TPSA) is 87.5 Å². The summed E-state index contributed by atoms with van der Waals surface area (Å²) in [4.78, 5) is 19.4. The zero-order valence-electron chi connectivity index (χ0n) is 18.8. The molecule has 33 heavy (non-hydrogen) atoms. The number of pyridine rings is 1. The first-order chi connectivity index (χ1) is 16.2. The minimum atomic E-state index is -0.129. The van der Waals surface area contributed by atoms with Crippen molar-refractivity contribution >= 4 is 11.6 Å². The summed E-state index contributed by atoms with van der Waals surface area (Å²) in [5, 5.41) is 13.0. The van der Waals surface area contributed by atoms with Crippen LogP contribution in [0.5, 0.6) is 5.75 Å². The van der Waals surface area contributed by atoms with Crippen molar-refractivity contribution in [3.05, 3.63) is 53.9 Å². The lowest BCUT2D eigenvalue weighted by Gasteiger charge is -2.42. The molecule has 4 aliphatic rings. The Kier molecular flexibility index (Phi) is 6.45. The van der Waals surface area contributed by atoms with Crippen molar-refractivity contribution in [3.63, 3.8) is 0 Å². The number of nitrogens with one attached hydrogen (secondary N) is 1. The van der Waals surface area contributed by atoms with Crippen molar-refractivity contribution in [1.29, 1.82) is 5.26 Å². The molecule has 0 radical (unpaired) electrons. The summed E-state index contributed by atoms with van der Waals surface area (Å²) >= 11 is 0. The number of anilines is 1. The summed E-state index contributed by atoms with van der Waals surface area (Å²) in [5.41, 5.74) is 2.46. The van der Waals surface area contributed by atoms with Gasteiger partial charge in [-0.2, -0.15) is 5.26 Å². The highest BCUT2D eigenvalue weighted by atomic mass is 16.5. The molecular weight excluding hydrogens is 416 g/mol. The van der Waals surface area contributed by atoms with Crippen LogP contribution in [0.15, 0.2) is 42.7 Å². The third kappa shape index (κ3) is 4.67. The predicted octanol–water partition coefficient (Wildman–Crippen LogP) is 3.86. The molecule has 6 rings (SSSR count). The third-order valence-corrected chi connectivity index (χ3v) is 7.27. The van der Waals surface area contributed by atoms with E-state index in [1.165, 1.54) is 5.56 Å². The monoisotopic (exact) mass is 446 g/mol. The molecule has 0 spiro atoms. The fraction of sp³-hybridized carbons (Fsp3) is 0.500. The van der Waals surface area contributed by atoms with Crippen LogP contribution in [0.25, 0.3) is 0 Å². The lowest BCUT2D eigenvalue weighted by Crippen LogP contribution is -2.57. The first-order valence-corrected chi connectivity index (χ1v) is 12.0. The fourth-order valence-electron chi connectivity index (χ4n) is 5.49. The smallest absolute Gasteiger partial charge is 0.260 e. The predicted molar refractivity (Wildman–Crippen MR) is 124 cm³/mol. The van der Waals surface area contributed by atoms with E-state index in [2.05, 4.69) is 28.5 Å². The Morgan fingerprint density at radius 1 is 1.12 bits per heavy atom. The molecule has 1 aromatic carbocycles. The largest absolute Gasteiger partial charge is 0.483 e. The lowest BCUT2D eigenvalue weighted by atomic mass is 9.82. The maximum absolute atomic E-state index is 13.3. The van der Waals surface area contributed by atoms with Gasteiger partial charge in [0.05, 0.1) is 36.2 Å². The first-order valence-electron chi connectivity index (χ1n) is 12.0. The van der Waals surface area contributed by atoms with Gasteiger partial charge >= 0.3 is 0 Å². The number of rotatable bonds is 2. The molecule has 3 aliphatic heterocycles. The molecule has 2 aromatic rings. The molecule has 0 unspecified atom stereocenters. The van der Waals surface area contributed by atoms with Gasteiger partial charge in [-0.1, -0.05) is 18.2 Å². The minimum Gasteiger partial charge on any atom is -0.483 e. The molecule has 172 valence electrons. The van der Waals surface area contributed by atoms with Gasteiger partial charge in [0.15, 0.2) is 6.61 Å². The number of hydrogen-bond donors (Lipinski definition) is 1. The fourth-order valence-corrected chi connectivity index (χ4v) is 5.49. The summed E-state index contributed by atoms with van der Waals surface area (Å²) in [6, 6.07) is 11.9. The van der Waals surface area contributed by atoms with Crippen molar-refractivity contribution in [3.8, 4) is 11.8 Å². The Morgan fingerprint density at radius 3 is 2.82 bits per heavy atom. The second kappa shape index (κ2) is 9.80. The molecular formula is C26H30N4O3. The van der Waals surface area contributed by atoms with Crippen molar-refractivity contribution in [1.82, 2.24) is 9.88 Å². The van der Waals surface area contributed by atoms with E-state index in [0.717, 1.165) is 44.3 Å². The molecule has 7 heteroatoms. The van der Waals surface area contributed by atoms with E-state index in [9.17, 15) is 10.1 Å². The number of fused-ring (bicyclic) bond motifs is 5. The van der Waals surface area contributed by atoms with Gasteiger partial charge in [0.25, 0.3) is 5.91 Å². The van der Waals surface area contributed by atoms with Crippen LogP contribution in [0.1, 0.15) is 55.6 Å². The molecule has 1 aromatic heterocycles. The van der Waals surface area contributed by atoms with E-state index >= 15 is 0 Å². The van der Waals surface area contributed by atoms with Crippen LogP contribution in [-0.4, -0.2) is 53.7 Å². The summed E-state index contributed by atoms with van der Waals surface area (Å²) in [6.45, 7) is 1.18. The molecule has 1 saturated carbocycles. The molecule has 1 amide bonds. The molecule has 2 fully saturated rings. The average Bonchev–Trinajstić information content (AvgIpc) is 2.88. The highest BCUT2D eigenvalue weighted by Gasteiger charge is 2.37. The summed E-state index contributed by atoms with van der Waals surface area (Å²) in [6.07, 6.45) is 9.44. The third-order valence-electron chi connectivity index (χ3n) is 7.27. The number of ether oxygens (including phenoxy) is 2. The molecule has 4 heterocycles. The maximum Gasteiger partial charge on any atom is 0.260 e. The minimum absolute atomic E-state index is 0.0206. The van der Waals surface area contributed by atoms with Gasteiger partial charge in [0.1, 0.15) is 11.8 Å². The summed E-state index contributed by atoms with van der Waals surface area (Å²) in [7, 11) is 0. The Balaban J connectivity index is 1.41. The number of nitrogens with zero attached hydrogens (tertiary/aromatic N) is 3. The van der Waals surface area contributed by atoms with Crippen LogP contribution in [0, 0.1) is 11.3 Å². The number of para-hydroxylation sites is 1. The summed E-state index contributed by atoms with van der Waals surface area (Å²) in [5.74, 6) is 1.25. The second-order valence-corrected chi connectivity index (χ2v) is 9.21. The Hall–Kier alpha value is -3.11. The zero-order valence-corrected chi connectivity index (χ0v) is 18.8. The summed E-state index contributed by atoms with van der Waals surface area (Å²) < 4.78 is 12.5. The SMILES string of the molecule is N#Cc1ccncc1N[C@H]1CCCN2C(=O)COc3ccccc3C3CCC(CC3)OC[C@@H]12. The molecule has 1 saturated heterocycles. The Morgan fingerprint density at radius 2 is 1.97 bits per heavy atom. The van der Waals surface area contributed by atoms with E-state index in [0.29, 0.717) is 30.3 Å². The van der Waals surface area contributed by atoms with Gasteiger partial charge in [-0.25, -0.2) is 0 Å². The average molecular weight is 447 g/mol. The van der Waals surface area contributed by atoms with E-state index < -0.39 is 0 Å². The van der Waals surface area contributed by atoms with Gasteiger partial charge in [0.2, 0.25) is 0 Å². The molecule has 7 nitrogen and oxygen atoms in total. The maximum atomic E-state index is 13.3. The highest BCUT2D eigenvalue weighted by Crippen LogP contribution is 2.39. The van der Waals surface area contributed by atoms with Crippen LogP contribution in [-0.2, 0) is 9.53 Å². The van der Waals surface area contributed by atoms with Crippen LogP contribution in [0.4, 0.5) is 5.69 Å².